The smallest absolute Gasteiger partial charge is 0.151 e. The number of hydrogen-bond donors (Lipinski definition) is 2. The molecule has 1 aliphatic heterocycles. The van der Waals surface area contributed by atoms with Gasteiger partial charge in [-0.15, -0.1) is 0 Å². The van der Waals surface area contributed by atoms with Gasteiger partial charge in [0.1, 0.15) is 0 Å². The first-order valence-corrected chi connectivity index (χ1v) is 15.2. The minimum atomic E-state index is -0.507. The topological polar surface area (TPSA) is 57.1 Å². The van der Waals surface area contributed by atoms with Crippen LogP contribution in [0.5, 0.6) is 0 Å². The molecule has 3 aromatic heterocycles. The Morgan fingerprint density at radius 2 is 1.80 bits per heavy atom. The Hall–Kier alpha value is -2.33. The summed E-state index contributed by atoms with van der Waals surface area (Å²) in [4.78, 5) is 10.6. The lowest BCUT2D eigenvalue weighted by Crippen LogP contribution is -2.41. The number of piperidine rings is 1. The zero-order valence-electron chi connectivity index (χ0n) is 19.5. The SMILES string of the molecule is CC1(O)CCN(Cc2ccc(-c3cnc4c(c3)c(-c3ccc5[nH]ccc5c3)cn4SI)cc2)CC1. The lowest BCUT2D eigenvalue weighted by atomic mass is 9.93. The van der Waals surface area contributed by atoms with Crippen molar-refractivity contribution in [1.82, 2.24) is 18.8 Å². The molecule has 0 aliphatic carbocycles. The van der Waals surface area contributed by atoms with Gasteiger partial charge in [0, 0.05) is 90.6 Å². The Labute approximate surface area is 221 Å². The van der Waals surface area contributed by atoms with Crippen molar-refractivity contribution in [2.75, 3.05) is 13.1 Å². The first-order valence-electron chi connectivity index (χ1n) is 11.9. The van der Waals surface area contributed by atoms with E-state index in [1.807, 2.05) is 19.3 Å². The van der Waals surface area contributed by atoms with Gasteiger partial charge in [-0.2, -0.15) is 0 Å². The molecule has 0 saturated carbocycles. The van der Waals surface area contributed by atoms with Crippen molar-refractivity contribution in [3.8, 4) is 22.3 Å². The molecule has 6 rings (SSSR count). The largest absolute Gasteiger partial charge is 0.390 e. The van der Waals surface area contributed by atoms with Crippen LogP contribution in [0.25, 0.3) is 44.2 Å². The molecule has 1 fully saturated rings. The van der Waals surface area contributed by atoms with E-state index < -0.39 is 5.60 Å². The maximum Gasteiger partial charge on any atom is 0.151 e. The fourth-order valence-corrected chi connectivity index (χ4v) is 6.25. The van der Waals surface area contributed by atoms with E-state index in [0.29, 0.717) is 0 Å². The van der Waals surface area contributed by atoms with Gasteiger partial charge in [-0.3, -0.25) is 8.87 Å². The van der Waals surface area contributed by atoms with Crippen LogP contribution in [0.4, 0.5) is 0 Å². The third kappa shape index (κ3) is 4.62. The third-order valence-electron chi connectivity index (χ3n) is 7.18. The molecule has 0 amide bonds. The van der Waals surface area contributed by atoms with E-state index in [1.54, 1.807) is 9.12 Å². The van der Waals surface area contributed by atoms with Crippen LogP contribution in [0.3, 0.4) is 0 Å². The second-order valence-corrected chi connectivity index (χ2v) is 11.5. The number of likely N-dealkylation sites (tertiary alicyclic amines) is 1. The van der Waals surface area contributed by atoms with E-state index in [4.69, 9.17) is 4.98 Å². The van der Waals surface area contributed by atoms with Crippen molar-refractivity contribution >= 4 is 52.3 Å². The van der Waals surface area contributed by atoms with Crippen molar-refractivity contribution in [3.63, 3.8) is 0 Å². The van der Waals surface area contributed by atoms with Crippen molar-refractivity contribution in [2.24, 2.45) is 0 Å². The van der Waals surface area contributed by atoms with E-state index in [0.717, 1.165) is 54.6 Å². The molecule has 7 heteroatoms. The molecule has 0 radical (unpaired) electrons. The number of fused-ring (bicyclic) bond motifs is 2. The molecule has 1 aliphatic rings. The molecule has 5 nitrogen and oxygen atoms in total. The summed E-state index contributed by atoms with van der Waals surface area (Å²) in [6, 6.07) is 19.8. The van der Waals surface area contributed by atoms with Crippen LogP contribution in [-0.2, 0) is 6.54 Å². The van der Waals surface area contributed by atoms with E-state index in [-0.39, 0.29) is 0 Å². The predicted octanol–water partition coefficient (Wildman–Crippen LogP) is 7.04. The molecule has 178 valence electrons. The molecule has 4 heterocycles. The minimum absolute atomic E-state index is 0.507. The summed E-state index contributed by atoms with van der Waals surface area (Å²) in [5.74, 6) is 0. The van der Waals surface area contributed by atoms with Crippen LogP contribution < -0.4 is 0 Å². The van der Waals surface area contributed by atoms with Gasteiger partial charge in [0.2, 0.25) is 0 Å². The molecule has 1 saturated heterocycles. The standard InChI is InChI=1S/C28H27IN4OS/c1-28(34)9-12-32(13-10-28)17-19-2-4-20(5-3-19)23-15-24-25(18-33(35-29)27(24)31-16-23)21-6-7-26-22(14-21)8-11-30-26/h2-8,11,14-16,18,30,34H,9-10,12-13,17H2,1H3. The number of H-pyrrole nitrogens is 1. The van der Waals surface area contributed by atoms with Gasteiger partial charge in [-0.05, 0) is 66.1 Å². The third-order valence-corrected chi connectivity index (χ3v) is 8.88. The molecule has 0 bridgehead atoms. The number of nitrogens with one attached hydrogen (secondary N) is 1. The van der Waals surface area contributed by atoms with E-state index in [1.165, 1.54) is 27.6 Å². The van der Waals surface area contributed by atoms with Gasteiger partial charge in [0.15, 0.2) is 5.65 Å². The van der Waals surface area contributed by atoms with Crippen molar-refractivity contribution in [2.45, 2.75) is 31.9 Å². The lowest BCUT2D eigenvalue weighted by molar-refractivity contribution is -0.00729. The maximum atomic E-state index is 10.2. The van der Waals surface area contributed by atoms with Crippen molar-refractivity contribution in [3.05, 3.63) is 78.8 Å². The number of hydrogen-bond acceptors (Lipinski definition) is 4. The Balaban J connectivity index is 1.30. The van der Waals surface area contributed by atoms with Crippen LogP contribution in [0.1, 0.15) is 25.3 Å². The molecule has 0 unspecified atom stereocenters. The average Bonchev–Trinajstić information content (AvgIpc) is 3.49. The number of halogens is 1. The number of aromatic amines is 1. The van der Waals surface area contributed by atoms with E-state index in [9.17, 15) is 5.11 Å². The van der Waals surface area contributed by atoms with E-state index in [2.05, 4.69) is 95.9 Å². The highest BCUT2D eigenvalue weighted by Gasteiger charge is 2.27. The Kier molecular flexibility index (Phi) is 6.12. The minimum Gasteiger partial charge on any atom is -0.390 e. The number of aliphatic hydroxyl groups is 1. The van der Waals surface area contributed by atoms with Crippen molar-refractivity contribution < 1.29 is 5.11 Å². The summed E-state index contributed by atoms with van der Waals surface area (Å²) in [5.41, 5.74) is 7.61. The Morgan fingerprint density at radius 1 is 1.03 bits per heavy atom. The van der Waals surface area contributed by atoms with Gasteiger partial charge in [-0.1, -0.05) is 30.3 Å². The molecule has 0 spiro atoms. The van der Waals surface area contributed by atoms with Crippen LogP contribution >= 0.6 is 30.3 Å². The number of aromatic nitrogens is 3. The molecule has 2 aromatic carbocycles. The van der Waals surface area contributed by atoms with Gasteiger partial charge in [-0.25, -0.2) is 4.98 Å². The monoisotopic (exact) mass is 594 g/mol. The summed E-state index contributed by atoms with van der Waals surface area (Å²) in [6.45, 7) is 4.76. The molecule has 35 heavy (non-hydrogen) atoms. The zero-order chi connectivity index (χ0) is 24.0. The van der Waals surface area contributed by atoms with Crippen LogP contribution in [0.2, 0.25) is 0 Å². The molecule has 2 N–H and O–H groups in total. The number of nitrogens with zero attached hydrogens (tertiary/aromatic N) is 3. The maximum absolute atomic E-state index is 10.2. The molecular formula is C28H27IN4OS. The highest BCUT2D eigenvalue weighted by Crippen LogP contribution is 2.37. The van der Waals surface area contributed by atoms with Gasteiger partial charge in [0.05, 0.1) is 5.60 Å². The average molecular weight is 595 g/mol. The van der Waals surface area contributed by atoms with Crippen LogP contribution in [0.15, 0.2) is 73.2 Å². The van der Waals surface area contributed by atoms with Gasteiger partial charge in [0.25, 0.3) is 0 Å². The van der Waals surface area contributed by atoms with Gasteiger partial charge < -0.3 is 10.1 Å². The highest BCUT2D eigenvalue weighted by molar-refractivity contribution is 14.2. The molecular weight excluding hydrogens is 567 g/mol. The number of rotatable bonds is 5. The van der Waals surface area contributed by atoms with E-state index >= 15 is 0 Å². The lowest BCUT2D eigenvalue weighted by Gasteiger charge is -2.35. The Morgan fingerprint density at radius 3 is 2.57 bits per heavy atom. The highest BCUT2D eigenvalue weighted by atomic mass is 127. The summed E-state index contributed by atoms with van der Waals surface area (Å²) in [5, 5.41) is 12.6. The second kappa shape index (κ2) is 9.28. The predicted molar refractivity (Wildman–Crippen MR) is 155 cm³/mol. The molecule has 5 aromatic rings. The fourth-order valence-electron chi connectivity index (χ4n) is 4.99. The Bertz CT molecular complexity index is 1500. The van der Waals surface area contributed by atoms with Gasteiger partial charge >= 0.3 is 0 Å². The summed E-state index contributed by atoms with van der Waals surface area (Å²) in [6.07, 6.45) is 7.82. The normalized spacial score (nSPS) is 16.3. The summed E-state index contributed by atoms with van der Waals surface area (Å²) >= 11 is 2.31. The number of pyridine rings is 1. The van der Waals surface area contributed by atoms with Crippen LogP contribution in [-0.4, -0.2) is 42.6 Å². The summed E-state index contributed by atoms with van der Waals surface area (Å²) in [7, 11) is 1.64. The fraction of sp³-hybridized carbons (Fsp3) is 0.250. The van der Waals surface area contributed by atoms with Crippen LogP contribution in [0, 0.1) is 0 Å². The second-order valence-electron chi connectivity index (χ2n) is 9.78. The zero-order valence-corrected chi connectivity index (χ0v) is 22.5. The number of benzene rings is 2. The quantitative estimate of drug-likeness (QED) is 0.214. The molecule has 0 atom stereocenters. The first kappa shape index (κ1) is 23.1. The summed E-state index contributed by atoms with van der Waals surface area (Å²) < 4.78 is 2.13. The first-order chi connectivity index (χ1) is 17.0. The van der Waals surface area contributed by atoms with Crippen molar-refractivity contribution in [1.29, 1.82) is 0 Å².